The molecule has 0 saturated heterocycles. The van der Waals surface area contributed by atoms with E-state index in [0.29, 0.717) is 12.1 Å². The summed E-state index contributed by atoms with van der Waals surface area (Å²) >= 11 is 0. The summed E-state index contributed by atoms with van der Waals surface area (Å²) in [6.07, 6.45) is 2.04. The van der Waals surface area contributed by atoms with E-state index in [-0.39, 0.29) is 12.5 Å². The molecule has 5 heteroatoms. The quantitative estimate of drug-likeness (QED) is 0.872. The van der Waals surface area contributed by atoms with Crippen molar-refractivity contribution >= 4 is 17.6 Å². The highest BCUT2D eigenvalue weighted by molar-refractivity contribution is 5.95. The van der Waals surface area contributed by atoms with Crippen LogP contribution in [0.5, 0.6) is 0 Å². The number of hydrogen-bond acceptors (Lipinski definition) is 3. The van der Waals surface area contributed by atoms with Gasteiger partial charge >= 0.3 is 5.97 Å². The molecule has 0 fully saturated rings. The maximum atomic E-state index is 12.5. The van der Waals surface area contributed by atoms with Crippen LogP contribution >= 0.6 is 0 Å². The summed E-state index contributed by atoms with van der Waals surface area (Å²) in [5, 5.41) is 12.3. The SMILES string of the molecule is CCN(CC(C)C(=O)O)C(=O)c1ccc2c(c1)CCCN2. The van der Waals surface area contributed by atoms with Crippen molar-refractivity contribution in [3.63, 3.8) is 0 Å². The second-order valence-electron chi connectivity index (χ2n) is 5.49. The molecule has 0 radical (unpaired) electrons. The van der Waals surface area contributed by atoms with E-state index in [1.54, 1.807) is 11.8 Å². The number of anilines is 1. The van der Waals surface area contributed by atoms with Gasteiger partial charge in [0.05, 0.1) is 5.92 Å². The lowest BCUT2D eigenvalue weighted by atomic mass is 10.00. The molecule has 0 aromatic heterocycles. The van der Waals surface area contributed by atoms with Crippen LogP contribution in [0, 0.1) is 5.92 Å². The van der Waals surface area contributed by atoms with Crippen LogP contribution in [-0.4, -0.2) is 41.5 Å². The van der Waals surface area contributed by atoms with Gasteiger partial charge in [0, 0.05) is 30.9 Å². The number of carboxylic acid groups (broad SMARTS) is 1. The number of carboxylic acids is 1. The minimum atomic E-state index is -0.879. The monoisotopic (exact) mass is 290 g/mol. The minimum absolute atomic E-state index is 0.0982. The predicted molar refractivity (Wildman–Crippen MR) is 81.6 cm³/mol. The summed E-state index contributed by atoms with van der Waals surface area (Å²) in [6, 6.07) is 5.68. The molecule has 114 valence electrons. The van der Waals surface area contributed by atoms with E-state index in [1.165, 1.54) is 0 Å². The van der Waals surface area contributed by atoms with Gasteiger partial charge in [-0.3, -0.25) is 9.59 Å². The van der Waals surface area contributed by atoms with E-state index in [9.17, 15) is 9.59 Å². The molecule has 1 aromatic carbocycles. The maximum absolute atomic E-state index is 12.5. The molecule has 21 heavy (non-hydrogen) atoms. The molecule has 1 amide bonds. The average molecular weight is 290 g/mol. The van der Waals surface area contributed by atoms with E-state index in [0.717, 1.165) is 30.6 Å². The summed E-state index contributed by atoms with van der Waals surface area (Å²) in [5.41, 5.74) is 2.89. The number of amides is 1. The number of aryl methyl sites for hydroxylation is 1. The van der Waals surface area contributed by atoms with Gasteiger partial charge in [-0.05, 0) is 43.5 Å². The van der Waals surface area contributed by atoms with E-state index in [4.69, 9.17) is 5.11 Å². The van der Waals surface area contributed by atoms with Gasteiger partial charge in [-0.15, -0.1) is 0 Å². The number of nitrogens with zero attached hydrogens (tertiary/aromatic N) is 1. The molecule has 1 aromatic rings. The molecule has 1 aliphatic rings. The number of rotatable bonds is 5. The number of carbonyl (C=O) groups excluding carboxylic acids is 1. The maximum Gasteiger partial charge on any atom is 0.308 e. The van der Waals surface area contributed by atoms with Crippen LogP contribution < -0.4 is 5.32 Å². The molecular formula is C16H22N2O3. The van der Waals surface area contributed by atoms with Crippen LogP contribution in [0.2, 0.25) is 0 Å². The fourth-order valence-electron chi connectivity index (χ4n) is 2.55. The van der Waals surface area contributed by atoms with Gasteiger partial charge in [0.1, 0.15) is 0 Å². The summed E-state index contributed by atoms with van der Waals surface area (Å²) < 4.78 is 0. The topological polar surface area (TPSA) is 69.6 Å². The van der Waals surface area contributed by atoms with Crippen molar-refractivity contribution in [2.75, 3.05) is 25.0 Å². The molecule has 1 unspecified atom stereocenters. The average Bonchev–Trinajstić information content (AvgIpc) is 2.51. The van der Waals surface area contributed by atoms with Crippen LogP contribution in [0.3, 0.4) is 0 Å². The predicted octanol–water partition coefficient (Wildman–Crippen LogP) is 2.23. The third kappa shape index (κ3) is 3.54. The van der Waals surface area contributed by atoms with E-state index < -0.39 is 11.9 Å². The Kier molecular flexibility index (Phi) is 4.83. The van der Waals surface area contributed by atoms with Crippen LogP contribution in [0.25, 0.3) is 0 Å². The van der Waals surface area contributed by atoms with Crippen molar-refractivity contribution in [1.82, 2.24) is 4.90 Å². The fraction of sp³-hybridized carbons (Fsp3) is 0.500. The first-order chi connectivity index (χ1) is 10.0. The second-order valence-corrected chi connectivity index (χ2v) is 5.49. The highest BCUT2D eigenvalue weighted by Gasteiger charge is 2.21. The number of fused-ring (bicyclic) bond motifs is 1. The number of aliphatic carboxylic acids is 1. The van der Waals surface area contributed by atoms with Gasteiger partial charge in [0.15, 0.2) is 0 Å². The third-order valence-corrected chi connectivity index (χ3v) is 3.88. The van der Waals surface area contributed by atoms with Gasteiger partial charge in [-0.25, -0.2) is 0 Å². The second kappa shape index (κ2) is 6.61. The Bertz CT molecular complexity index is 542. The molecule has 0 spiro atoms. The zero-order valence-corrected chi connectivity index (χ0v) is 12.6. The van der Waals surface area contributed by atoms with E-state index in [1.807, 2.05) is 25.1 Å². The van der Waals surface area contributed by atoms with Crippen molar-refractivity contribution < 1.29 is 14.7 Å². The molecule has 0 bridgehead atoms. The standard InChI is InChI=1S/C16H22N2O3/c1-3-18(10-11(2)16(20)21)15(19)13-6-7-14-12(9-13)5-4-8-17-14/h6-7,9,11,17H,3-5,8,10H2,1-2H3,(H,20,21). The first-order valence-corrected chi connectivity index (χ1v) is 7.41. The van der Waals surface area contributed by atoms with E-state index in [2.05, 4.69) is 5.32 Å². The fourth-order valence-corrected chi connectivity index (χ4v) is 2.55. The van der Waals surface area contributed by atoms with Gasteiger partial charge < -0.3 is 15.3 Å². The zero-order valence-electron chi connectivity index (χ0n) is 12.6. The van der Waals surface area contributed by atoms with Crippen molar-refractivity contribution in [1.29, 1.82) is 0 Å². The Hall–Kier alpha value is -2.04. The van der Waals surface area contributed by atoms with Crippen molar-refractivity contribution in [2.45, 2.75) is 26.7 Å². The summed E-state index contributed by atoms with van der Waals surface area (Å²) in [5.74, 6) is -1.54. The first-order valence-electron chi connectivity index (χ1n) is 7.41. The lowest BCUT2D eigenvalue weighted by Crippen LogP contribution is -2.36. The van der Waals surface area contributed by atoms with Crippen LogP contribution in [-0.2, 0) is 11.2 Å². The van der Waals surface area contributed by atoms with Gasteiger partial charge in [-0.2, -0.15) is 0 Å². The Morgan fingerprint density at radius 2 is 2.19 bits per heavy atom. The smallest absolute Gasteiger partial charge is 0.308 e. The van der Waals surface area contributed by atoms with Crippen LogP contribution in [0.15, 0.2) is 18.2 Å². The van der Waals surface area contributed by atoms with Crippen molar-refractivity contribution in [2.24, 2.45) is 5.92 Å². The number of hydrogen-bond donors (Lipinski definition) is 2. The first kappa shape index (κ1) is 15.4. The van der Waals surface area contributed by atoms with Gasteiger partial charge in [-0.1, -0.05) is 6.92 Å². The minimum Gasteiger partial charge on any atom is -0.481 e. The summed E-state index contributed by atoms with van der Waals surface area (Å²) in [6.45, 7) is 5.20. The molecule has 5 nitrogen and oxygen atoms in total. The number of benzene rings is 1. The Morgan fingerprint density at radius 3 is 2.86 bits per heavy atom. The van der Waals surface area contributed by atoms with Crippen LogP contribution in [0.4, 0.5) is 5.69 Å². The number of nitrogens with one attached hydrogen (secondary N) is 1. The largest absolute Gasteiger partial charge is 0.481 e. The molecule has 1 heterocycles. The Labute approximate surface area is 125 Å². The third-order valence-electron chi connectivity index (χ3n) is 3.88. The Balaban J connectivity index is 2.15. The zero-order chi connectivity index (χ0) is 15.4. The normalized spacial score (nSPS) is 14.8. The molecule has 2 N–H and O–H groups in total. The summed E-state index contributed by atoms with van der Waals surface area (Å²) in [4.78, 5) is 25.1. The highest BCUT2D eigenvalue weighted by Crippen LogP contribution is 2.23. The molecular weight excluding hydrogens is 268 g/mol. The Morgan fingerprint density at radius 1 is 1.43 bits per heavy atom. The van der Waals surface area contributed by atoms with Gasteiger partial charge in [0.2, 0.25) is 0 Å². The molecule has 1 aliphatic heterocycles. The molecule has 0 aliphatic carbocycles. The molecule has 0 saturated carbocycles. The van der Waals surface area contributed by atoms with Crippen molar-refractivity contribution in [3.05, 3.63) is 29.3 Å². The van der Waals surface area contributed by atoms with Gasteiger partial charge in [0.25, 0.3) is 5.91 Å². The van der Waals surface area contributed by atoms with Crippen molar-refractivity contribution in [3.8, 4) is 0 Å². The lowest BCUT2D eigenvalue weighted by Gasteiger charge is -2.24. The van der Waals surface area contributed by atoms with E-state index >= 15 is 0 Å². The summed E-state index contributed by atoms with van der Waals surface area (Å²) in [7, 11) is 0. The number of carbonyl (C=O) groups is 2. The molecule has 2 rings (SSSR count). The molecule has 1 atom stereocenters. The van der Waals surface area contributed by atoms with Crippen LogP contribution in [0.1, 0.15) is 36.2 Å². The lowest BCUT2D eigenvalue weighted by molar-refractivity contribution is -0.141. The highest BCUT2D eigenvalue weighted by atomic mass is 16.4.